The van der Waals surface area contributed by atoms with E-state index in [-0.39, 0.29) is 18.6 Å². The quantitative estimate of drug-likeness (QED) is 0.580. The monoisotopic (exact) mass is 416 g/mol. The lowest BCUT2D eigenvalue weighted by molar-refractivity contribution is -0.137. The first-order valence-electron chi connectivity index (χ1n) is 10.6. The zero-order valence-electron chi connectivity index (χ0n) is 17.8. The molecule has 3 aromatic carbocycles. The molecule has 5 nitrogen and oxygen atoms in total. The fraction of sp³-hybridized carbons (Fsp3) is 0.269. The molecule has 3 aromatic rings. The van der Waals surface area contributed by atoms with Crippen LogP contribution in [0.25, 0.3) is 0 Å². The van der Waals surface area contributed by atoms with Crippen molar-refractivity contribution in [2.45, 2.75) is 6.10 Å². The smallest absolute Gasteiger partial charge is 0.248 e. The Labute approximate surface area is 183 Å². The Morgan fingerprint density at radius 3 is 1.87 bits per heavy atom. The van der Waals surface area contributed by atoms with Crippen LogP contribution < -0.4 is 9.64 Å². The van der Waals surface area contributed by atoms with Gasteiger partial charge in [0.1, 0.15) is 18.5 Å². The largest absolute Gasteiger partial charge is 0.497 e. The van der Waals surface area contributed by atoms with Crippen LogP contribution in [0.2, 0.25) is 0 Å². The van der Waals surface area contributed by atoms with Crippen molar-refractivity contribution in [3.63, 3.8) is 0 Å². The number of methoxy groups -OCH3 is 1. The highest BCUT2D eigenvalue weighted by Gasteiger charge is 2.23. The van der Waals surface area contributed by atoms with Gasteiger partial charge in [0.15, 0.2) is 0 Å². The van der Waals surface area contributed by atoms with Crippen molar-refractivity contribution in [1.82, 2.24) is 4.90 Å². The van der Waals surface area contributed by atoms with E-state index in [1.165, 1.54) is 0 Å². The fourth-order valence-electron chi connectivity index (χ4n) is 3.89. The molecule has 160 valence electrons. The number of benzene rings is 3. The maximum Gasteiger partial charge on any atom is 0.248 e. The molecule has 0 atom stereocenters. The number of anilines is 1. The van der Waals surface area contributed by atoms with E-state index in [1.54, 1.807) is 7.11 Å². The van der Waals surface area contributed by atoms with E-state index >= 15 is 0 Å². The number of hydrogen-bond donors (Lipinski definition) is 0. The molecule has 0 aliphatic carbocycles. The van der Waals surface area contributed by atoms with Crippen molar-refractivity contribution in [3.05, 3.63) is 96.1 Å². The molecule has 0 saturated carbocycles. The minimum Gasteiger partial charge on any atom is -0.497 e. The number of nitrogens with zero attached hydrogens (tertiary/aromatic N) is 2. The lowest BCUT2D eigenvalue weighted by atomic mass is 10.0. The molecule has 1 fully saturated rings. The summed E-state index contributed by atoms with van der Waals surface area (Å²) in [5, 5.41) is 0. The number of carbonyl (C=O) groups is 1. The molecule has 0 aromatic heterocycles. The Kier molecular flexibility index (Phi) is 6.85. The van der Waals surface area contributed by atoms with Crippen molar-refractivity contribution in [3.8, 4) is 5.75 Å². The van der Waals surface area contributed by atoms with Crippen molar-refractivity contribution in [1.29, 1.82) is 0 Å². The van der Waals surface area contributed by atoms with Crippen LogP contribution >= 0.6 is 0 Å². The molecule has 0 unspecified atom stereocenters. The predicted octanol–water partition coefficient (Wildman–Crippen LogP) is 4.15. The molecule has 1 aliphatic heterocycles. The predicted molar refractivity (Wildman–Crippen MR) is 122 cm³/mol. The normalized spacial score (nSPS) is 14.0. The molecule has 4 rings (SSSR count). The molecular weight excluding hydrogens is 388 g/mol. The second kappa shape index (κ2) is 10.1. The first-order chi connectivity index (χ1) is 15.2. The standard InChI is InChI=1S/C26H28N2O3/c1-30-24-14-12-23(13-15-24)27-16-18-28(19-17-27)25(29)20-31-26(21-8-4-2-5-9-21)22-10-6-3-7-11-22/h2-15,26H,16-20H2,1H3. The van der Waals surface area contributed by atoms with Gasteiger partial charge in [-0.2, -0.15) is 0 Å². The summed E-state index contributed by atoms with van der Waals surface area (Å²) in [6, 6.07) is 28.2. The molecule has 1 heterocycles. The second-order valence-corrected chi connectivity index (χ2v) is 7.58. The van der Waals surface area contributed by atoms with Gasteiger partial charge in [0.2, 0.25) is 5.91 Å². The van der Waals surface area contributed by atoms with E-state index in [0.29, 0.717) is 13.1 Å². The van der Waals surface area contributed by atoms with Gasteiger partial charge in [-0.1, -0.05) is 60.7 Å². The highest BCUT2D eigenvalue weighted by atomic mass is 16.5. The number of carbonyl (C=O) groups excluding carboxylic acids is 1. The first kappa shape index (κ1) is 20.9. The maximum atomic E-state index is 12.9. The molecule has 1 saturated heterocycles. The molecule has 0 radical (unpaired) electrons. The Bertz CT molecular complexity index is 913. The molecule has 0 spiro atoms. The van der Waals surface area contributed by atoms with Crippen LogP contribution in [0.15, 0.2) is 84.9 Å². The van der Waals surface area contributed by atoms with Crippen molar-refractivity contribution in [2.75, 3.05) is 44.8 Å². The summed E-state index contributed by atoms with van der Waals surface area (Å²) >= 11 is 0. The third kappa shape index (κ3) is 5.25. The third-order valence-electron chi connectivity index (χ3n) is 5.65. The van der Waals surface area contributed by atoms with Gasteiger partial charge in [-0.05, 0) is 35.4 Å². The molecule has 1 aliphatic rings. The average molecular weight is 417 g/mol. The summed E-state index contributed by atoms with van der Waals surface area (Å²) < 4.78 is 11.4. The average Bonchev–Trinajstić information content (AvgIpc) is 2.85. The Morgan fingerprint density at radius 2 is 1.35 bits per heavy atom. The minimum atomic E-state index is -0.257. The van der Waals surface area contributed by atoms with E-state index in [0.717, 1.165) is 35.7 Å². The van der Waals surface area contributed by atoms with Crippen LogP contribution in [0.1, 0.15) is 17.2 Å². The lowest BCUT2D eigenvalue weighted by Crippen LogP contribution is -2.49. The first-order valence-corrected chi connectivity index (χ1v) is 10.6. The zero-order chi connectivity index (χ0) is 21.5. The molecule has 0 N–H and O–H groups in total. The number of ether oxygens (including phenoxy) is 2. The molecular formula is C26H28N2O3. The SMILES string of the molecule is COc1ccc(N2CCN(C(=O)COC(c3ccccc3)c3ccccc3)CC2)cc1. The van der Waals surface area contributed by atoms with Crippen molar-refractivity contribution >= 4 is 11.6 Å². The number of amides is 1. The summed E-state index contributed by atoms with van der Waals surface area (Å²) in [4.78, 5) is 17.0. The third-order valence-corrected chi connectivity index (χ3v) is 5.65. The summed E-state index contributed by atoms with van der Waals surface area (Å²) in [6.45, 7) is 3.06. The maximum absolute atomic E-state index is 12.9. The van der Waals surface area contributed by atoms with Crippen LogP contribution in [0, 0.1) is 0 Å². The van der Waals surface area contributed by atoms with E-state index in [2.05, 4.69) is 17.0 Å². The van der Waals surface area contributed by atoms with E-state index in [4.69, 9.17) is 9.47 Å². The van der Waals surface area contributed by atoms with Gasteiger partial charge in [-0.15, -0.1) is 0 Å². The van der Waals surface area contributed by atoms with E-state index in [1.807, 2.05) is 77.7 Å². The van der Waals surface area contributed by atoms with Crippen LogP contribution in [-0.2, 0) is 9.53 Å². The van der Waals surface area contributed by atoms with Gasteiger partial charge < -0.3 is 19.3 Å². The van der Waals surface area contributed by atoms with Crippen LogP contribution in [0.5, 0.6) is 5.75 Å². The van der Waals surface area contributed by atoms with Gasteiger partial charge in [0.25, 0.3) is 0 Å². The van der Waals surface area contributed by atoms with E-state index < -0.39 is 0 Å². The Hall–Kier alpha value is -3.31. The molecule has 1 amide bonds. The van der Waals surface area contributed by atoms with Gasteiger partial charge >= 0.3 is 0 Å². The number of hydrogen-bond acceptors (Lipinski definition) is 4. The van der Waals surface area contributed by atoms with Gasteiger partial charge in [-0.3, -0.25) is 4.79 Å². The van der Waals surface area contributed by atoms with Crippen molar-refractivity contribution < 1.29 is 14.3 Å². The fourth-order valence-corrected chi connectivity index (χ4v) is 3.89. The summed E-state index contributed by atoms with van der Waals surface area (Å²) in [5.74, 6) is 0.882. The second-order valence-electron chi connectivity index (χ2n) is 7.58. The van der Waals surface area contributed by atoms with Gasteiger partial charge in [0.05, 0.1) is 7.11 Å². The summed E-state index contributed by atoms with van der Waals surface area (Å²) in [6.07, 6.45) is -0.257. The highest BCUT2D eigenvalue weighted by molar-refractivity contribution is 5.78. The summed E-state index contributed by atoms with van der Waals surface area (Å²) in [5.41, 5.74) is 3.24. The zero-order valence-corrected chi connectivity index (χ0v) is 17.8. The Morgan fingerprint density at radius 1 is 0.806 bits per heavy atom. The molecule has 0 bridgehead atoms. The number of piperazine rings is 1. The lowest BCUT2D eigenvalue weighted by Gasteiger charge is -2.36. The Balaban J connectivity index is 1.34. The summed E-state index contributed by atoms with van der Waals surface area (Å²) in [7, 11) is 1.67. The van der Waals surface area contributed by atoms with Gasteiger partial charge in [0, 0.05) is 31.9 Å². The van der Waals surface area contributed by atoms with Crippen LogP contribution in [0.4, 0.5) is 5.69 Å². The van der Waals surface area contributed by atoms with Gasteiger partial charge in [-0.25, -0.2) is 0 Å². The topological polar surface area (TPSA) is 42.0 Å². The molecule has 5 heteroatoms. The van der Waals surface area contributed by atoms with Crippen LogP contribution in [0.3, 0.4) is 0 Å². The minimum absolute atomic E-state index is 0.0336. The van der Waals surface area contributed by atoms with E-state index in [9.17, 15) is 4.79 Å². The molecule has 31 heavy (non-hydrogen) atoms. The van der Waals surface area contributed by atoms with Crippen molar-refractivity contribution in [2.24, 2.45) is 0 Å². The number of rotatable bonds is 7. The van der Waals surface area contributed by atoms with Crippen LogP contribution in [-0.4, -0.2) is 50.7 Å². The highest BCUT2D eigenvalue weighted by Crippen LogP contribution is 2.26.